The third-order valence-corrected chi connectivity index (χ3v) is 3.83. The minimum absolute atomic E-state index is 0.222. The highest BCUT2D eigenvalue weighted by Crippen LogP contribution is 2.29. The second kappa shape index (κ2) is 5.13. The van der Waals surface area contributed by atoms with E-state index in [0.717, 1.165) is 24.9 Å². The van der Waals surface area contributed by atoms with Gasteiger partial charge in [-0.15, -0.1) is 0 Å². The lowest BCUT2D eigenvalue weighted by molar-refractivity contribution is 0.533. The van der Waals surface area contributed by atoms with Gasteiger partial charge in [0.15, 0.2) is 0 Å². The molecule has 0 amide bonds. The second-order valence-electron chi connectivity index (χ2n) is 5.03. The highest BCUT2D eigenvalue weighted by Gasteiger charge is 2.21. The first-order valence-corrected chi connectivity index (χ1v) is 6.79. The fourth-order valence-electron chi connectivity index (χ4n) is 2.85. The molecular formula is C15H18FN3. The number of nitrogens with zero attached hydrogens (tertiary/aromatic N) is 2. The number of fused-ring (bicyclic) bond motifs is 1. The first kappa shape index (κ1) is 12.4. The standard InChI is InChI=1S/C15H18FN3/c1-17-14-7-2-3-8-15-13(14)10-18-19(15)12-6-4-5-11(16)9-12/h4-6,9-10,14,17H,2-3,7-8H2,1H3. The molecule has 1 aromatic carbocycles. The van der Waals surface area contributed by atoms with E-state index in [1.807, 2.05) is 24.0 Å². The van der Waals surface area contributed by atoms with E-state index in [1.165, 1.54) is 29.8 Å². The van der Waals surface area contributed by atoms with E-state index in [9.17, 15) is 4.39 Å². The Morgan fingerprint density at radius 3 is 3.05 bits per heavy atom. The van der Waals surface area contributed by atoms with Gasteiger partial charge < -0.3 is 5.32 Å². The number of aromatic nitrogens is 2. The number of hydrogen-bond donors (Lipinski definition) is 1. The Morgan fingerprint density at radius 1 is 1.37 bits per heavy atom. The predicted octanol–water partition coefficient (Wildman–Crippen LogP) is 3.00. The number of halogens is 1. The number of hydrogen-bond acceptors (Lipinski definition) is 2. The van der Waals surface area contributed by atoms with Gasteiger partial charge in [0.05, 0.1) is 11.9 Å². The fourth-order valence-corrected chi connectivity index (χ4v) is 2.85. The van der Waals surface area contributed by atoms with Crippen LogP contribution in [-0.2, 0) is 6.42 Å². The van der Waals surface area contributed by atoms with Crippen LogP contribution in [0.3, 0.4) is 0 Å². The van der Waals surface area contributed by atoms with Gasteiger partial charge in [-0.1, -0.05) is 12.5 Å². The van der Waals surface area contributed by atoms with Crippen LogP contribution in [0.4, 0.5) is 4.39 Å². The molecule has 3 nitrogen and oxygen atoms in total. The van der Waals surface area contributed by atoms with Gasteiger partial charge in [-0.05, 0) is 44.5 Å². The van der Waals surface area contributed by atoms with Gasteiger partial charge in [-0.2, -0.15) is 5.10 Å². The van der Waals surface area contributed by atoms with E-state index in [2.05, 4.69) is 10.4 Å². The highest BCUT2D eigenvalue weighted by molar-refractivity contribution is 5.37. The Hall–Kier alpha value is -1.68. The Morgan fingerprint density at radius 2 is 2.26 bits per heavy atom. The van der Waals surface area contributed by atoms with Crippen molar-refractivity contribution in [1.29, 1.82) is 0 Å². The van der Waals surface area contributed by atoms with Crippen LogP contribution in [0.1, 0.15) is 36.6 Å². The molecule has 0 fully saturated rings. The van der Waals surface area contributed by atoms with Crippen LogP contribution in [0.2, 0.25) is 0 Å². The molecule has 3 rings (SSSR count). The van der Waals surface area contributed by atoms with Gasteiger partial charge in [0.25, 0.3) is 0 Å². The molecule has 0 aliphatic heterocycles. The lowest BCUT2D eigenvalue weighted by atomic mass is 10.1. The van der Waals surface area contributed by atoms with Crippen LogP contribution in [0.25, 0.3) is 5.69 Å². The molecule has 0 saturated carbocycles. The molecule has 1 N–H and O–H groups in total. The zero-order valence-corrected chi connectivity index (χ0v) is 11.1. The summed E-state index contributed by atoms with van der Waals surface area (Å²) < 4.78 is 15.2. The van der Waals surface area contributed by atoms with E-state index >= 15 is 0 Å². The summed E-state index contributed by atoms with van der Waals surface area (Å²) in [6.45, 7) is 0. The molecule has 0 bridgehead atoms. The zero-order valence-electron chi connectivity index (χ0n) is 11.1. The highest BCUT2D eigenvalue weighted by atomic mass is 19.1. The molecular weight excluding hydrogens is 241 g/mol. The van der Waals surface area contributed by atoms with E-state index in [-0.39, 0.29) is 5.82 Å². The monoisotopic (exact) mass is 259 g/mol. The third kappa shape index (κ3) is 2.28. The van der Waals surface area contributed by atoms with Gasteiger partial charge in [-0.25, -0.2) is 9.07 Å². The summed E-state index contributed by atoms with van der Waals surface area (Å²) in [5.41, 5.74) is 3.27. The number of rotatable bonds is 2. The Balaban J connectivity index is 2.07. The average molecular weight is 259 g/mol. The van der Waals surface area contributed by atoms with Crippen molar-refractivity contribution in [3.05, 3.63) is 47.5 Å². The molecule has 100 valence electrons. The Kier molecular flexibility index (Phi) is 3.34. The van der Waals surface area contributed by atoms with Crippen LogP contribution in [-0.4, -0.2) is 16.8 Å². The Labute approximate surface area is 112 Å². The largest absolute Gasteiger partial charge is 0.313 e. The Bertz CT molecular complexity index is 577. The minimum Gasteiger partial charge on any atom is -0.313 e. The van der Waals surface area contributed by atoms with Crippen molar-refractivity contribution < 1.29 is 4.39 Å². The molecule has 1 aromatic heterocycles. The van der Waals surface area contributed by atoms with Gasteiger partial charge in [-0.3, -0.25) is 0 Å². The molecule has 1 atom stereocenters. The summed E-state index contributed by atoms with van der Waals surface area (Å²) >= 11 is 0. The molecule has 2 aromatic rings. The SMILES string of the molecule is CNC1CCCCc2c1cnn2-c1cccc(F)c1. The first-order valence-electron chi connectivity index (χ1n) is 6.79. The van der Waals surface area contributed by atoms with Gasteiger partial charge in [0.1, 0.15) is 5.82 Å². The molecule has 0 spiro atoms. The molecule has 1 heterocycles. The minimum atomic E-state index is -0.222. The summed E-state index contributed by atoms with van der Waals surface area (Å²) in [5, 5.41) is 7.81. The maximum Gasteiger partial charge on any atom is 0.125 e. The lowest BCUT2D eigenvalue weighted by Crippen LogP contribution is -2.16. The van der Waals surface area contributed by atoms with E-state index in [1.54, 1.807) is 6.07 Å². The average Bonchev–Trinajstić information content (AvgIpc) is 2.72. The van der Waals surface area contributed by atoms with E-state index < -0.39 is 0 Å². The molecule has 0 saturated heterocycles. The van der Waals surface area contributed by atoms with Crippen molar-refractivity contribution in [2.24, 2.45) is 0 Å². The lowest BCUT2D eigenvalue weighted by Gasteiger charge is -2.13. The van der Waals surface area contributed by atoms with Gasteiger partial charge >= 0.3 is 0 Å². The predicted molar refractivity (Wildman–Crippen MR) is 72.9 cm³/mol. The third-order valence-electron chi connectivity index (χ3n) is 3.83. The van der Waals surface area contributed by atoms with Gasteiger partial charge in [0, 0.05) is 17.3 Å². The normalized spacial score (nSPS) is 18.9. The van der Waals surface area contributed by atoms with Crippen molar-refractivity contribution in [2.45, 2.75) is 31.7 Å². The van der Waals surface area contributed by atoms with Crippen LogP contribution in [0.15, 0.2) is 30.5 Å². The maximum absolute atomic E-state index is 13.4. The molecule has 19 heavy (non-hydrogen) atoms. The van der Waals surface area contributed by atoms with Crippen LogP contribution in [0.5, 0.6) is 0 Å². The van der Waals surface area contributed by atoms with Crippen LogP contribution in [0, 0.1) is 5.82 Å². The second-order valence-corrected chi connectivity index (χ2v) is 5.03. The maximum atomic E-state index is 13.4. The van der Waals surface area contributed by atoms with Crippen molar-refractivity contribution >= 4 is 0 Å². The van der Waals surface area contributed by atoms with Gasteiger partial charge in [0.2, 0.25) is 0 Å². The van der Waals surface area contributed by atoms with Crippen molar-refractivity contribution in [2.75, 3.05) is 7.05 Å². The van der Waals surface area contributed by atoms with Crippen LogP contribution >= 0.6 is 0 Å². The summed E-state index contributed by atoms with van der Waals surface area (Å²) in [5.74, 6) is -0.222. The topological polar surface area (TPSA) is 29.9 Å². The summed E-state index contributed by atoms with van der Waals surface area (Å²) in [6.07, 6.45) is 6.44. The summed E-state index contributed by atoms with van der Waals surface area (Å²) in [6, 6.07) is 6.98. The van der Waals surface area contributed by atoms with E-state index in [4.69, 9.17) is 0 Å². The molecule has 4 heteroatoms. The van der Waals surface area contributed by atoms with Crippen molar-refractivity contribution in [3.8, 4) is 5.69 Å². The van der Waals surface area contributed by atoms with Crippen molar-refractivity contribution in [3.63, 3.8) is 0 Å². The molecule has 1 aliphatic rings. The summed E-state index contributed by atoms with van der Waals surface area (Å²) in [7, 11) is 1.99. The quantitative estimate of drug-likeness (QED) is 0.840. The fraction of sp³-hybridized carbons (Fsp3) is 0.400. The first-order chi connectivity index (χ1) is 9.29. The smallest absolute Gasteiger partial charge is 0.125 e. The number of benzene rings is 1. The number of nitrogens with one attached hydrogen (secondary N) is 1. The van der Waals surface area contributed by atoms with Crippen LogP contribution < -0.4 is 5.32 Å². The zero-order chi connectivity index (χ0) is 13.2. The molecule has 1 unspecified atom stereocenters. The molecule has 0 radical (unpaired) electrons. The summed E-state index contributed by atoms with van der Waals surface area (Å²) in [4.78, 5) is 0. The van der Waals surface area contributed by atoms with E-state index in [0.29, 0.717) is 6.04 Å². The van der Waals surface area contributed by atoms with Crippen molar-refractivity contribution in [1.82, 2.24) is 15.1 Å². The molecule has 1 aliphatic carbocycles.